The molecule has 0 aromatic heterocycles. The molecule has 2 aliphatic carbocycles. The lowest BCUT2D eigenvalue weighted by molar-refractivity contribution is 0.260. The van der Waals surface area contributed by atoms with Gasteiger partial charge in [-0.2, -0.15) is 0 Å². The molecule has 0 aliphatic heterocycles. The second-order valence-corrected chi connectivity index (χ2v) is 4.96. The van der Waals surface area contributed by atoms with Crippen LogP contribution in [-0.2, 0) is 0 Å². The average molecular weight is 185 g/mol. The van der Waals surface area contributed by atoms with E-state index in [0.717, 1.165) is 6.42 Å². The lowest BCUT2D eigenvalue weighted by atomic mass is 9.66. The molecule has 0 heterocycles. The molecule has 1 saturated carbocycles. The van der Waals surface area contributed by atoms with Gasteiger partial charge in [-0.3, -0.25) is 0 Å². The maximum Gasteiger partial charge on any atom is 0.0178 e. The molecule has 1 fully saturated rings. The highest BCUT2D eigenvalue weighted by molar-refractivity contribution is 6.30. The molecule has 0 nitrogen and oxygen atoms in total. The number of fused-ring (bicyclic) bond motifs is 1. The summed E-state index contributed by atoms with van der Waals surface area (Å²) in [6.07, 6.45) is 9.24. The summed E-state index contributed by atoms with van der Waals surface area (Å²) in [4.78, 5) is 0. The number of hydrogen-bond acceptors (Lipinski definition) is 0. The van der Waals surface area contributed by atoms with Crippen LogP contribution >= 0.6 is 11.6 Å². The Morgan fingerprint density at radius 1 is 1.08 bits per heavy atom. The topological polar surface area (TPSA) is 0 Å². The third kappa shape index (κ3) is 1.31. The van der Waals surface area contributed by atoms with Gasteiger partial charge in [-0.15, -0.1) is 0 Å². The van der Waals surface area contributed by atoms with Crippen LogP contribution in [-0.4, -0.2) is 0 Å². The first-order valence-electron chi connectivity index (χ1n) is 5.10. The van der Waals surface area contributed by atoms with Gasteiger partial charge < -0.3 is 0 Å². The minimum absolute atomic E-state index is 0.494. The second kappa shape index (κ2) is 3.06. The maximum atomic E-state index is 6.26. The van der Waals surface area contributed by atoms with E-state index in [1.807, 2.05) is 0 Å². The van der Waals surface area contributed by atoms with Gasteiger partial charge >= 0.3 is 0 Å². The van der Waals surface area contributed by atoms with Gasteiger partial charge in [0, 0.05) is 5.03 Å². The Bertz CT molecular complexity index is 217. The van der Waals surface area contributed by atoms with Gasteiger partial charge in [-0.25, -0.2) is 0 Å². The molecule has 0 amide bonds. The average Bonchev–Trinajstić information content (AvgIpc) is 2.04. The van der Waals surface area contributed by atoms with Crippen molar-refractivity contribution in [1.29, 1.82) is 0 Å². The first kappa shape index (κ1) is 8.62. The fourth-order valence-electron chi connectivity index (χ4n) is 2.79. The van der Waals surface area contributed by atoms with Crippen molar-refractivity contribution in [3.05, 3.63) is 10.6 Å². The molecule has 1 heteroatoms. The Balaban J connectivity index is 2.31. The SMILES string of the molecule is CC12CCCCC1=C(Cl)CCC2. The summed E-state index contributed by atoms with van der Waals surface area (Å²) in [5, 5.41) is 1.20. The Kier molecular flexibility index (Phi) is 2.20. The zero-order valence-electron chi connectivity index (χ0n) is 7.83. The normalized spacial score (nSPS) is 36.5. The van der Waals surface area contributed by atoms with E-state index in [1.165, 1.54) is 43.6 Å². The van der Waals surface area contributed by atoms with Crippen molar-refractivity contribution in [2.24, 2.45) is 5.41 Å². The zero-order valence-corrected chi connectivity index (χ0v) is 8.58. The van der Waals surface area contributed by atoms with Crippen molar-refractivity contribution in [2.45, 2.75) is 51.9 Å². The minimum atomic E-state index is 0.494. The van der Waals surface area contributed by atoms with Crippen molar-refractivity contribution < 1.29 is 0 Å². The molecule has 2 aliphatic rings. The molecule has 68 valence electrons. The predicted molar refractivity (Wildman–Crippen MR) is 53.3 cm³/mol. The van der Waals surface area contributed by atoms with Crippen LogP contribution in [0.1, 0.15) is 51.9 Å². The van der Waals surface area contributed by atoms with E-state index in [2.05, 4.69) is 6.92 Å². The number of allylic oxidation sites excluding steroid dienone is 2. The third-order valence-corrected chi connectivity index (χ3v) is 4.00. The van der Waals surface area contributed by atoms with E-state index in [0.29, 0.717) is 5.41 Å². The van der Waals surface area contributed by atoms with E-state index >= 15 is 0 Å². The Labute approximate surface area is 80.0 Å². The third-order valence-electron chi connectivity index (χ3n) is 3.59. The van der Waals surface area contributed by atoms with Gasteiger partial charge in [0.15, 0.2) is 0 Å². The summed E-state index contributed by atoms with van der Waals surface area (Å²) in [5.74, 6) is 0. The molecule has 0 N–H and O–H groups in total. The van der Waals surface area contributed by atoms with Crippen LogP contribution in [0.3, 0.4) is 0 Å². The maximum absolute atomic E-state index is 6.26. The van der Waals surface area contributed by atoms with Gasteiger partial charge in [0.05, 0.1) is 0 Å². The van der Waals surface area contributed by atoms with Crippen LogP contribution in [0.4, 0.5) is 0 Å². The fourth-order valence-corrected chi connectivity index (χ4v) is 3.25. The molecule has 12 heavy (non-hydrogen) atoms. The highest BCUT2D eigenvalue weighted by Gasteiger charge is 2.35. The Morgan fingerprint density at radius 2 is 1.83 bits per heavy atom. The standard InChI is InChI=1S/C11H17Cl/c1-11-7-3-2-5-9(11)10(12)6-4-8-11/h2-8H2,1H3. The number of rotatable bonds is 0. The van der Waals surface area contributed by atoms with E-state index < -0.39 is 0 Å². The molecule has 1 unspecified atom stereocenters. The van der Waals surface area contributed by atoms with Crippen molar-refractivity contribution in [2.75, 3.05) is 0 Å². The highest BCUT2D eigenvalue weighted by Crippen LogP contribution is 2.50. The van der Waals surface area contributed by atoms with Gasteiger partial charge in [-0.1, -0.05) is 24.9 Å². The molecule has 0 spiro atoms. The molecule has 0 aromatic rings. The highest BCUT2D eigenvalue weighted by atomic mass is 35.5. The Hall–Kier alpha value is 0.0300. The van der Waals surface area contributed by atoms with Crippen molar-refractivity contribution >= 4 is 11.6 Å². The monoisotopic (exact) mass is 184 g/mol. The van der Waals surface area contributed by atoms with E-state index in [-0.39, 0.29) is 0 Å². The summed E-state index contributed by atoms with van der Waals surface area (Å²) in [7, 11) is 0. The molecular weight excluding hydrogens is 168 g/mol. The summed E-state index contributed by atoms with van der Waals surface area (Å²) in [5.41, 5.74) is 2.09. The molecule has 0 aromatic carbocycles. The lowest BCUT2D eigenvalue weighted by Gasteiger charge is -2.40. The van der Waals surface area contributed by atoms with Crippen LogP contribution in [0, 0.1) is 5.41 Å². The van der Waals surface area contributed by atoms with Gasteiger partial charge in [0.1, 0.15) is 0 Å². The van der Waals surface area contributed by atoms with Crippen molar-refractivity contribution in [1.82, 2.24) is 0 Å². The van der Waals surface area contributed by atoms with E-state index in [9.17, 15) is 0 Å². The quantitative estimate of drug-likeness (QED) is 0.528. The van der Waals surface area contributed by atoms with Gasteiger partial charge in [0.2, 0.25) is 0 Å². The van der Waals surface area contributed by atoms with Crippen LogP contribution in [0.5, 0.6) is 0 Å². The Morgan fingerprint density at radius 3 is 2.58 bits per heavy atom. The van der Waals surface area contributed by atoms with Crippen LogP contribution in [0.2, 0.25) is 0 Å². The van der Waals surface area contributed by atoms with Gasteiger partial charge in [0.25, 0.3) is 0 Å². The van der Waals surface area contributed by atoms with Crippen molar-refractivity contribution in [3.63, 3.8) is 0 Å². The predicted octanol–water partition coefficient (Wildman–Crippen LogP) is 4.24. The molecule has 2 rings (SSSR count). The summed E-state index contributed by atoms with van der Waals surface area (Å²) in [6, 6.07) is 0. The molecular formula is C11H17Cl. The molecule has 0 radical (unpaired) electrons. The van der Waals surface area contributed by atoms with Gasteiger partial charge in [-0.05, 0) is 49.5 Å². The number of halogens is 1. The molecule has 1 atom stereocenters. The first-order chi connectivity index (χ1) is 5.72. The molecule has 0 bridgehead atoms. The summed E-state index contributed by atoms with van der Waals surface area (Å²) < 4.78 is 0. The molecule has 0 saturated heterocycles. The minimum Gasteiger partial charge on any atom is -0.0892 e. The van der Waals surface area contributed by atoms with Crippen LogP contribution in [0.15, 0.2) is 10.6 Å². The van der Waals surface area contributed by atoms with Crippen molar-refractivity contribution in [3.8, 4) is 0 Å². The van der Waals surface area contributed by atoms with E-state index in [1.54, 1.807) is 5.57 Å². The largest absolute Gasteiger partial charge is 0.0892 e. The summed E-state index contributed by atoms with van der Waals surface area (Å²) in [6.45, 7) is 2.41. The zero-order chi connectivity index (χ0) is 8.60. The van der Waals surface area contributed by atoms with Crippen LogP contribution in [0.25, 0.3) is 0 Å². The second-order valence-electron chi connectivity index (χ2n) is 4.50. The van der Waals surface area contributed by atoms with E-state index in [4.69, 9.17) is 11.6 Å². The smallest absolute Gasteiger partial charge is 0.0178 e. The first-order valence-corrected chi connectivity index (χ1v) is 5.48. The fraction of sp³-hybridized carbons (Fsp3) is 0.818. The number of hydrogen-bond donors (Lipinski definition) is 0. The lowest BCUT2D eigenvalue weighted by Crippen LogP contribution is -2.26. The van der Waals surface area contributed by atoms with Crippen LogP contribution < -0.4 is 0 Å². The summed E-state index contributed by atoms with van der Waals surface area (Å²) >= 11 is 6.26.